The van der Waals surface area contributed by atoms with Crippen LogP contribution >= 0.6 is 0 Å². The Bertz CT molecular complexity index is 1060. The molecular formula is C20H23F3N6O. The number of ether oxygens (including phenoxy) is 1. The first-order valence-corrected chi connectivity index (χ1v) is 9.67. The van der Waals surface area contributed by atoms with Crippen LogP contribution in [0.15, 0.2) is 24.4 Å². The molecule has 1 atom stereocenters. The second kappa shape index (κ2) is 7.75. The number of methoxy groups -OCH3 is 1. The van der Waals surface area contributed by atoms with Crippen molar-refractivity contribution in [2.24, 2.45) is 7.05 Å². The minimum absolute atomic E-state index is 0.0823. The molecule has 30 heavy (non-hydrogen) atoms. The second-order valence-electron chi connectivity index (χ2n) is 7.59. The summed E-state index contributed by atoms with van der Waals surface area (Å²) in [5.74, 6) is 0.693. The molecule has 0 radical (unpaired) electrons. The highest BCUT2D eigenvalue weighted by molar-refractivity contribution is 5.98. The molecule has 1 aliphatic heterocycles. The van der Waals surface area contributed by atoms with E-state index < -0.39 is 11.7 Å². The number of benzene rings is 1. The summed E-state index contributed by atoms with van der Waals surface area (Å²) in [7, 11) is 5.22. The van der Waals surface area contributed by atoms with Gasteiger partial charge in [0.2, 0.25) is 0 Å². The molecule has 0 spiro atoms. The number of halogens is 3. The van der Waals surface area contributed by atoms with Crippen molar-refractivity contribution in [2.75, 3.05) is 32.6 Å². The molecule has 0 saturated carbocycles. The van der Waals surface area contributed by atoms with Gasteiger partial charge in [-0.05, 0) is 44.6 Å². The average Bonchev–Trinajstić information content (AvgIpc) is 3.09. The van der Waals surface area contributed by atoms with Gasteiger partial charge in [0.1, 0.15) is 17.0 Å². The van der Waals surface area contributed by atoms with Gasteiger partial charge in [-0.3, -0.25) is 4.68 Å². The first-order valence-electron chi connectivity index (χ1n) is 9.67. The molecule has 10 heteroatoms. The van der Waals surface area contributed by atoms with Crippen LogP contribution in [0, 0.1) is 0 Å². The molecule has 1 aromatic carbocycles. The molecule has 0 bridgehead atoms. The molecule has 0 unspecified atom stereocenters. The molecule has 3 heterocycles. The number of hydrogen-bond acceptors (Lipinski definition) is 6. The van der Waals surface area contributed by atoms with Gasteiger partial charge < -0.3 is 15.0 Å². The predicted molar refractivity (Wildman–Crippen MR) is 107 cm³/mol. The van der Waals surface area contributed by atoms with Crippen LogP contribution in [0.2, 0.25) is 0 Å². The van der Waals surface area contributed by atoms with E-state index in [9.17, 15) is 13.2 Å². The molecule has 0 amide bonds. The lowest BCUT2D eigenvalue weighted by atomic mass is 10.0. The minimum Gasteiger partial charge on any atom is -0.496 e. The molecule has 1 aliphatic rings. The van der Waals surface area contributed by atoms with Gasteiger partial charge in [-0.2, -0.15) is 18.3 Å². The molecule has 4 rings (SSSR count). The van der Waals surface area contributed by atoms with E-state index in [-0.39, 0.29) is 11.8 Å². The fourth-order valence-electron chi connectivity index (χ4n) is 3.93. The van der Waals surface area contributed by atoms with Crippen molar-refractivity contribution in [3.63, 3.8) is 0 Å². The zero-order chi connectivity index (χ0) is 21.5. The number of likely N-dealkylation sites (tertiary alicyclic amines) is 1. The Morgan fingerprint density at radius 3 is 2.70 bits per heavy atom. The Balaban J connectivity index is 1.77. The van der Waals surface area contributed by atoms with Crippen molar-refractivity contribution in [3.05, 3.63) is 30.0 Å². The van der Waals surface area contributed by atoms with Crippen LogP contribution in [0.25, 0.3) is 22.2 Å². The average molecular weight is 420 g/mol. The van der Waals surface area contributed by atoms with Crippen LogP contribution in [0.3, 0.4) is 0 Å². The molecule has 7 nitrogen and oxygen atoms in total. The maximum Gasteiger partial charge on any atom is 0.416 e. The minimum atomic E-state index is -4.46. The van der Waals surface area contributed by atoms with Crippen LogP contribution in [-0.2, 0) is 13.2 Å². The van der Waals surface area contributed by atoms with Crippen LogP contribution in [0.4, 0.5) is 19.0 Å². The van der Waals surface area contributed by atoms with E-state index in [4.69, 9.17) is 4.74 Å². The van der Waals surface area contributed by atoms with Crippen LogP contribution in [-0.4, -0.2) is 58.2 Å². The summed E-state index contributed by atoms with van der Waals surface area (Å²) >= 11 is 0. The summed E-state index contributed by atoms with van der Waals surface area (Å²) in [6.45, 7) is 1.97. The molecule has 1 N–H and O–H groups in total. The van der Waals surface area contributed by atoms with Crippen molar-refractivity contribution >= 4 is 16.7 Å². The molecule has 0 aliphatic carbocycles. The fourth-order valence-corrected chi connectivity index (χ4v) is 3.93. The third-order valence-corrected chi connectivity index (χ3v) is 5.42. The van der Waals surface area contributed by atoms with E-state index >= 15 is 0 Å². The Labute approximate surface area is 171 Å². The second-order valence-corrected chi connectivity index (χ2v) is 7.59. The van der Waals surface area contributed by atoms with Crippen molar-refractivity contribution in [2.45, 2.75) is 25.1 Å². The number of rotatable bonds is 4. The van der Waals surface area contributed by atoms with Crippen molar-refractivity contribution in [1.82, 2.24) is 24.9 Å². The summed E-state index contributed by atoms with van der Waals surface area (Å²) in [4.78, 5) is 2.26. The standard InChI is InChI=1S/C20H23F3N6O/c1-28-8-4-5-13(11-28)25-19-18-15(10-24-29(18)2)17(26-27-19)14-7-6-12(20(21,22)23)9-16(14)30-3/h6-7,9-10,13H,4-5,8,11H2,1-3H3,(H,25,27)/t13-/m1/s1. The van der Waals surface area contributed by atoms with E-state index in [1.54, 1.807) is 17.9 Å². The van der Waals surface area contributed by atoms with Crippen molar-refractivity contribution in [1.29, 1.82) is 0 Å². The largest absolute Gasteiger partial charge is 0.496 e. The number of piperidine rings is 1. The van der Waals surface area contributed by atoms with Gasteiger partial charge in [-0.25, -0.2) is 0 Å². The third kappa shape index (κ3) is 3.79. The van der Waals surface area contributed by atoms with Crippen LogP contribution in [0.5, 0.6) is 5.75 Å². The summed E-state index contributed by atoms with van der Waals surface area (Å²) in [5.41, 5.74) is 0.823. The quantitative estimate of drug-likeness (QED) is 0.696. The maximum atomic E-state index is 13.1. The Hall–Kier alpha value is -2.88. The zero-order valence-electron chi connectivity index (χ0n) is 17.0. The number of hydrogen-bond donors (Lipinski definition) is 1. The lowest BCUT2D eigenvalue weighted by molar-refractivity contribution is -0.137. The Morgan fingerprint density at radius 2 is 2.00 bits per heavy atom. The monoisotopic (exact) mass is 420 g/mol. The molecular weight excluding hydrogens is 397 g/mol. The number of anilines is 1. The Kier molecular flexibility index (Phi) is 5.27. The number of fused-ring (bicyclic) bond motifs is 1. The zero-order valence-corrected chi connectivity index (χ0v) is 17.0. The van der Waals surface area contributed by atoms with E-state index in [0.29, 0.717) is 22.5 Å². The van der Waals surface area contributed by atoms with Gasteiger partial charge in [0.05, 0.1) is 24.3 Å². The number of likely N-dealkylation sites (N-methyl/N-ethyl adjacent to an activating group) is 1. The summed E-state index contributed by atoms with van der Waals surface area (Å²) in [5, 5.41) is 17.2. The highest BCUT2D eigenvalue weighted by Crippen LogP contribution is 2.39. The predicted octanol–water partition coefficient (Wildman–Crippen LogP) is 3.56. The first kappa shape index (κ1) is 20.4. The number of aromatic nitrogens is 4. The van der Waals surface area contributed by atoms with E-state index in [2.05, 4.69) is 32.6 Å². The number of alkyl halides is 3. The third-order valence-electron chi connectivity index (χ3n) is 5.42. The van der Waals surface area contributed by atoms with Crippen molar-refractivity contribution < 1.29 is 17.9 Å². The number of aryl methyl sites for hydroxylation is 1. The van der Waals surface area contributed by atoms with Crippen LogP contribution in [0.1, 0.15) is 18.4 Å². The first-order chi connectivity index (χ1) is 14.3. The van der Waals surface area contributed by atoms with Crippen LogP contribution < -0.4 is 10.1 Å². The van der Waals surface area contributed by atoms with Gasteiger partial charge in [-0.15, -0.1) is 10.2 Å². The van der Waals surface area contributed by atoms with Gasteiger partial charge in [0.25, 0.3) is 0 Å². The normalized spacial score (nSPS) is 18.0. The molecule has 1 saturated heterocycles. The van der Waals surface area contributed by atoms with Gasteiger partial charge in [0, 0.05) is 25.2 Å². The lowest BCUT2D eigenvalue weighted by Gasteiger charge is -2.30. The summed E-state index contributed by atoms with van der Waals surface area (Å²) in [6, 6.07) is 3.60. The van der Waals surface area contributed by atoms with Gasteiger partial charge in [-0.1, -0.05) is 0 Å². The lowest BCUT2D eigenvalue weighted by Crippen LogP contribution is -2.40. The van der Waals surface area contributed by atoms with Crippen molar-refractivity contribution in [3.8, 4) is 17.0 Å². The topological polar surface area (TPSA) is 68.1 Å². The van der Waals surface area contributed by atoms with Gasteiger partial charge in [0.15, 0.2) is 5.82 Å². The summed E-state index contributed by atoms with van der Waals surface area (Å²) in [6.07, 6.45) is -0.687. The Morgan fingerprint density at radius 1 is 1.20 bits per heavy atom. The number of nitrogens with zero attached hydrogens (tertiary/aromatic N) is 5. The highest BCUT2D eigenvalue weighted by Gasteiger charge is 2.32. The summed E-state index contributed by atoms with van der Waals surface area (Å²) < 4.78 is 46.2. The highest BCUT2D eigenvalue weighted by atomic mass is 19.4. The van der Waals surface area contributed by atoms with E-state index in [0.717, 1.165) is 43.6 Å². The van der Waals surface area contributed by atoms with Gasteiger partial charge >= 0.3 is 6.18 Å². The fraction of sp³-hybridized carbons (Fsp3) is 0.450. The smallest absolute Gasteiger partial charge is 0.416 e. The van der Waals surface area contributed by atoms with E-state index in [1.807, 2.05) is 0 Å². The maximum absolute atomic E-state index is 13.1. The molecule has 2 aromatic heterocycles. The number of nitrogens with one attached hydrogen (secondary N) is 1. The SMILES string of the molecule is COc1cc(C(F)(F)F)ccc1-c1nnc(N[C@@H]2CCCN(C)C2)c2c1cnn2C. The molecule has 3 aromatic rings. The molecule has 160 valence electrons. The molecule has 1 fully saturated rings. The van der Waals surface area contributed by atoms with E-state index in [1.165, 1.54) is 13.2 Å².